The zero-order chi connectivity index (χ0) is 13.0. The molecule has 2 rings (SSSR count). The van der Waals surface area contributed by atoms with Gasteiger partial charge in [0.2, 0.25) is 0 Å². The highest BCUT2D eigenvalue weighted by molar-refractivity contribution is 7.99. The summed E-state index contributed by atoms with van der Waals surface area (Å²) < 4.78 is 0. The average Bonchev–Trinajstić information content (AvgIpc) is 2.58. The number of rotatable bonds is 4. The third kappa shape index (κ3) is 3.45. The van der Waals surface area contributed by atoms with Crippen LogP contribution in [0, 0.1) is 0 Å². The van der Waals surface area contributed by atoms with Crippen molar-refractivity contribution in [1.82, 2.24) is 9.97 Å². The van der Waals surface area contributed by atoms with E-state index in [0.29, 0.717) is 5.25 Å². The van der Waals surface area contributed by atoms with Gasteiger partial charge in [0.05, 0.1) is 5.75 Å². The molecule has 0 amide bonds. The van der Waals surface area contributed by atoms with E-state index in [1.165, 1.54) is 30.5 Å². The molecule has 0 spiro atoms. The molecule has 0 aliphatic heterocycles. The molecular formula is C14H23N3S. The van der Waals surface area contributed by atoms with Crippen molar-refractivity contribution in [2.75, 3.05) is 0 Å². The smallest absolute Gasteiger partial charge is 0.138 e. The van der Waals surface area contributed by atoms with E-state index in [0.717, 1.165) is 24.4 Å². The van der Waals surface area contributed by atoms with Crippen molar-refractivity contribution in [3.8, 4) is 0 Å². The Morgan fingerprint density at radius 1 is 1.50 bits per heavy atom. The van der Waals surface area contributed by atoms with Crippen LogP contribution in [0.2, 0.25) is 0 Å². The van der Waals surface area contributed by atoms with Crippen LogP contribution in [0.15, 0.2) is 6.20 Å². The molecule has 0 saturated heterocycles. The molecule has 0 saturated carbocycles. The van der Waals surface area contributed by atoms with E-state index in [1.54, 1.807) is 0 Å². The quantitative estimate of drug-likeness (QED) is 0.849. The molecule has 1 aliphatic carbocycles. The van der Waals surface area contributed by atoms with E-state index < -0.39 is 0 Å². The summed E-state index contributed by atoms with van der Waals surface area (Å²) in [6.07, 6.45) is 7.69. The first-order valence-electron chi connectivity index (χ1n) is 6.92. The Balaban J connectivity index is 2.08. The van der Waals surface area contributed by atoms with Crippen LogP contribution in [0.4, 0.5) is 0 Å². The van der Waals surface area contributed by atoms with Crippen molar-refractivity contribution in [2.45, 2.75) is 63.0 Å². The predicted molar refractivity (Wildman–Crippen MR) is 77.6 cm³/mol. The minimum atomic E-state index is 0.138. The van der Waals surface area contributed by atoms with Crippen LogP contribution >= 0.6 is 11.8 Å². The highest BCUT2D eigenvalue weighted by atomic mass is 32.2. The molecule has 0 fully saturated rings. The van der Waals surface area contributed by atoms with Gasteiger partial charge in [-0.2, -0.15) is 11.8 Å². The first-order chi connectivity index (χ1) is 8.70. The number of hydrogen-bond donors (Lipinski definition) is 1. The number of aromatic nitrogens is 2. The predicted octanol–water partition coefficient (Wildman–Crippen LogP) is 3.23. The molecule has 1 heterocycles. The van der Waals surface area contributed by atoms with Crippen molar-refractivity contribution < 1.29 is 0 Å². The van der Waals surface area contributed by atoms with Crippen molar-refractivity contribution in [2.24, 2.45) is 5.73 Å². The molecule has 1 aliphatic rings. The number of nitrogens with zero attached hydrogens (tertiary/aromatic N) is 2. The molecule has 2 atom stereocenters. The highest BCUT2D eigenvalue weighted by Crippen LogP contribution is 2.26. The molecule has 18 heavy (non-hydrogen) atoms. The fourth-order valence-corrected chi connectivity index (χ4v) is 3.00. The van der Waals surface area contributed by atoms with Gasteiger partial charge in [0, 0.05) is 28.7 Å². The fourth-order valence-electron chi connectivity index (χ4n) is 2.19. The average molecular weight is 265 g/mol. The molecule has 0 radical (unpaired) electrons. The Labute approximate surface area is 114 Å². The zero-order valence-corrected chi connectivity index (χ0v) is 12.2. The van der Waals surface area contributed by atoms with Crippen molar-refractivity contribution in [1.29, 1.82) is 0 Å². The van der Waals surface area contributed by atoms with Crippen molar-refractivity contribution in [3.05, 3.63) is 23.3 Å². The maximum atomic E-state index is 6.15. The van der Waals surface area contributed by atoms with Gasteiger partial charge in [0.25, 0.3) is 0 Å². The summed E-state index contributed by atoms with van der Waals surface area (Å²) in [7, 11) is 0. The Morgan fingerprint density at radius 2 is 2.33 bits per heavy atom. The molecule has 3 nitrogen and oxygen atoms in total. The summed E-state index contributed by atoms with van der Waals surface area (Å²) in [5.41, 5.74) is 8.52. The summed E-state index contributed by atoms with van der Waals surface area (Å²) >= 11 is 1.93. The van der Waals surface area contributed by atoms with Crippen LogP contribution in [0.25, 0.3) is 0 Å². The molecule has 1 aromatic heterocycles. The van der Waals surface area contributed by atoms with E-state index >= 15 is 0 Å². The van der Waals surface area contributed by atoms with E-state index in [4.69, 9.17) is 10.7 Å². The Bertz CT molecular complexity index is 395. The SMILES string of the molecule is CCC(C)SCc1ncc2c(n1)CCCCC2N. The van der Waals surface area contributed by atoms with Crippen molar-refractivity contribution >= 4 is 11.8 Å². The number of thioether (sulfide) groups is 1. The van der Waals surface area contributed by atoms with Gasteiger partial charge in [0.15, 0.2) is 0 Å². The minimum Gasteiger partial charge on any atom is -0.324 e. The minimum absolute atomic E-state index is 0.138. The standard InChI is InChI=1S/C14H23N3S/c1-3-10(2)18-9-14-16-8-11-12(15)6-4-5-7-13(11)17-14/h8,10,12H,3-7,9,15H2,1-2H3. The Hall–Kier alpha value is -0.610. The van der Waals surface area contributed by atoms with E-state index in [9.17, 15) is 0 Å². The first kappa shape index (κ1) is 13.8. The lowest BCUT2D eigenvalue weighted by Gasteiger charge is -2.13. The summed E-state index contributed by atoms with van der Waals surface area (Å²) in [6.45, 7) is 4.47. The number of nitrogens with two attached hydrogens (primary N) is 1. The summed E-state index contributed by atoms with van der Waals surface area (Å²) in [4.78, 5) is 9.20. The number of fused-ring (bicyclic) bond motifs is 1. The number of hydrogen-bond acceptors (Lipinski definition) is 4. The largest absolute Gasteiger partial charge is 0.324 e. The van der Waals surface area contributed by atoms with E-state index in [-0.39, 0.29) is 6.04 Å². The number of aryl methyl sites for hydroxylation is 1. The van der Waals surface area contributed by atoms with Crippen LogP contribution in [-0.4, -0.2) is 15.2 Å². The van der Waals surface area contributed by atoms with Crippen LogP contribution in [0.1, 0.15) is 62.7 Å². The maximum absolute atomic E-state index is 6.15. The lowest BCUT2D eigenvalue weighted by molar-refractivity contribution is 0.614. The van der Waals surface area contributed by atoms with E-state index in [2.05, 4.69) is 18.8 Å². The van der Waals surface area contributed by atoms with Gasteiger partial charge in [-0.3, -0.25) is 0 Å². The molecule has 0 bridgehead atoms. The van der Waals surface area contributed by atoms with Gasteiger partial charge in [-0.05, 0) is 25.7 Å². The van der Waals surface area contributed by atoms with Gasteiger partial charge in [-0.1, -0.05) is 20.3 Å². The molecular weight excluding hydrogens is 242 g/mol. The first-order valence-corrected chi connectivity index (χ1v) is 7.97. The molecule has 100 valence electrons. The van der Waals surface area contributed by atoms with E-state index in [1.807, 2.05) is 18.0 Å². The maximum Gasteiger partial charge on any atom is 0.138 e. The second-order valence-corrected chi connectivity index (χ2v) is 6.50. The summed E-state index contributed by atoms with van der Waals surface area (Å²) in [5.74, 6) is 1.88. The third-order valence-electron chi connectivity index (χ3n) is 3.60. The van der Waals surface area contributed by atoms with Crippen molar-refractivity contribution in [3.63, 3.8) is 0 Å². The van der Waals surface area contributed by atoms with Crippen LogP contribution in [-0.2, 0) is 12.2 Å². The highest BCUT2D eigenvalue weighted by Gasteiger charge is 2.17. The molecule has 4 heteroatoms. The molecule has 1 aromatic rings. The lowest BCUT2D eigenvalue weighted by atomic mass is 10.1. The molecule has 0 aromatic carbocycles. The van der Waals surface area contributed by atoms with Gasteiger partial charge < -0.3 is 5.73 Å². The van der Waals surface area contributed by atoms with Gasteiger partial charge in [0.1, 0.15) is 5.82 Å². The van der Waals surface area contributed by atoms with Gasteiger partial charge in [-0.25, -0.2) is 9.97 Å². The monoisotopic (exact) mass is 265 g/mol. The van der Waals surface area contributed by atoms with Gasteiger partial charge >= 0.3 is 0 Å². The van der Waals surface area contributed by atoms with Gasteiger partial charge in [-0.15, -0.1) is 0 Å². The topological polar surface area (TPSA) is 51.8 Å². The Morgan fingerprint density at radius 3 is 3.11 bits per heavy atom. The molecule has 2 N–H and O–H groups in total. The third-order valence-corrected chi connectivity index (χ3v) is 4.93. The zero-order valence-electron chi connectivity index (χ0n) is 11.4. The second kappa shape index (κ2) is 6.53. The van der Waals surface area contributed by atoms with Crippen LogP contribution < -0.4 is 5.73 Å². The second-order valence-electron chi connectivity index (χ2n) is 5.07. The molecule has 2 unspecified atom stereocenters. The lowest BCUT2D eigenvalue weighted by Crippen LogP contribution is -2.13. The van der Waals surface area contributed by atoms with Crippen LogP contribution in [0.3, 0.4) is 0 Å². The summed E-state index contributed by atoms with van der Waals surface area (Å²) in [5, 5.41) is 0.676. The van der Waals surface area contributed by atoms with Crippen LogP contribution in [0.5, 0.6) is 0 Å². The Kier molecular flexibility index (Phi) is 5.01. The summed E-state index contributed by atoms with van der Waals surface area (Å²) in [6, 6.07) is 0.138. The fraction of sp³-hybridized carbons (Fsp3) is 0.714. The normalized spacial score (nSPS) is 21.2.